The number of rotatable bonds is 3. The number of hydrogen-bond donors (Lipinski definition) is 2. The van der Waals surface area contributed by atoms with Crippen LogP contribution in [0.5, 0.6) is 0 Å². The zero-order chi connectivity index (χ0) is 13.9. The summed E-state index contributed by atoms with van der Waals surface area (Å²) in [6.45, 7) is 0.133. The van der Waals surface area contributed by atoms with Crippen LogP contribution in [-0.4, -0.2) is 33.6 Å². The number of hydrogen-bond acceptors (Lipinski definition) is 4. The quantitative estimate of drug-likeness (QED) is 0.887. The number of fused-ring (bicyclic) bond motifs is 1. The van der Waals surface area contributed by atoms with Crippen molar-refractivity contribution in [2.24, 2.45) is 5.92 Å². The molecule has 2 unspecified atom stereocenters. The van der Waals surface area contributed by atoms with Gasteiger partial charge in [0.05, 0.1) is 11.0 Å². The molecule has 0 bridgehead atoms. The molecule has 5 nitrogen and oxygen atoms in total. The second kappa shape index (κ2) is 5.54. The van der Waals surface area contributed by atoms with Crippen molar-refractivity contribution in [3.63, 3.8) is 0 Å². The number of carbonyl (C=O) groups excluding carboxylic acids is 1. The van der Waals surface area contributed by atoms with Crippen LogP contribution in [0.15, 0.2) is 30.6 Å². The number of aliphatic hydroxyl groups is 1. The maximum absolute atomic E-state index is 12.3. The van der Waals surface area contributed by atoms with E-state index in [2.05, 4.69) is 15.3 Å². The zero-order valence-corrected chi connectivity index (χ0v) is 11.1. The third-order valence-electron chi connectivity index (χ3n) is 3.94. The van der Waals surface area contributed by atoms with Crippen molar-refractivity contribution in [2.45, 2.75) is 25.3 Å². The van der Waals surface area contributed by atoms with Crippen LogP contribution in [0, 0.1) is 5.92 Å². The molecule has 0 spiro atoms. The van der Waals surface area contributed by atoms with E-state index < -0.39 is 0 Å². The Balaban J connectivity index is 1.78. The Kier molecular flexibility index (Phi) is 3.60. The van der Waals surface area contributed by atoms with E-state index in [1.165, 1.54) is 0 Å². The molecule has 0 radical (unpaired) electrons. The first-order valence-corrected chi connectivity index (χ1v) is 6.90. The summed E-state index contributed by atoms with van der Waals surface area (Å²) < 4.78 is 0. The molecule has 1 amide bonds. The largest absolute Gasteiger partial charge is 0.396 e. The molecular formula is C15H17N3O2. The summed E-state index contributed by atoms with van der Waals surface area (Å²) in [6.07, 6.45) is 6.21. The Labute approximate surface area is 117 Å². The summed E-state index contributed by atoms with van der Waals surface area (Å²) in [5, 5.41) is 12.3. The average molecular weight is 271 g/mol. The lowest BCUT2D eigenvalue weighted by Crippen LogP contribution is -2.38. The topological polar surface area (TPSA) is 75.1 Å². The highest BCUT2D eigenvalue weighted by Gasteiger charge is 2.28. The highest BCUT2D eigenvalue weighted by molar-refractivity contribution is 5.97. The summed E-state index contributed by atoms with van der Waals surface area (Å²) in [4.78, 5) is 20.7. The van der Waals surface area contributed by atoms with Gasteiger partial charge in [-0.15, -0.1) is 0 Å². The molecule has 20 heavy (non-hydrogen) atoms. The van der Waals surface area contributed by atoms with Crippen molar-refractivity contribution in [3.05, 3.63) is 36.2 Å². The van der Waals surface area contributed by atoms with Crippen molar-refractivity contribution in [3.8, 4) is 0 Å². The van der Waals surface area contributed by atoms with E-state index in [0.717, 1.165) is 24.8 Å². The van der Waals surface area contributed by atoms with E-state index in [4.69, 9.17) is 0 Å². The van der Waals surface area contributed by atoms with Crippen molar-refractivity contribution in [2.75, 3.05) is 6.61 Å². The Morgan fingerprint density at radius 2 is 2.05 bits per heavy atom. The van der Waals surface area contributed by atoms with Crippen LogP contribution < -0.4 is 5.32 Å². The SMILES string of the molecule is O=C(NC1CCCC1CO)c1ccc2nccnc2c1. The summed E-state index contributed by atoms with van der Waals surface area (Å²) in [5.74, 6) is 0.0714. The van der Waals surface area contributed by atoms with Crippen LogP contribution in [0.3, 0.4) is 0 Å². The number of nitrogens with one attached hydrogen (secondary N) is 1. The standard InChI is InChI=1S/C15H17N3O2/c19-9-11-2-1-3-12(11)18-15(20)10-4-5-13-14(8-10)17-7-6-16-13/h4-8,11-12,19H,1-3,9H2,(H,18,20). The van der Waals surface area contributed by atoms with Crippen LogP contribution in [0.25, 0.3) is 11.0 Å². The van der Waals surface area contributed by atoms with Crippen LogP contribution in [0.2, 0.25) is 0 Å². The van der Waals surface area contributed by atoms with Gasteiger partial charge in [0.25, 0.3) is 5.91 Å². The maximum Gasteiger partial charge on any atom is 0.251 e. The van der Waals surface area contributed by atoms with Crippen LogP contribution >= 0.6 is 0 Å². The van der Waals surface area contributed by atoms with Crippen molar-refractivity contribution in [1.82, 2.24) is 15.3 Å². The highest BCUT2D eigenvalue weighted by atomic mass is 16.3. The van der Waals surface area contributed by atoms with Gasteiger partial charge in [-0.1, -0.05) is 6.42 Å². The summed E-state index contributed by atoms with van der Waals surface area (Å²) in [6, 6.07) is 5.38. The van der Waals surface area contributed by atoms with Gasteiger partial charge in [0.1, 0.15) is 0 Å². The smallest absolute Gasteiger partial charge is 0.251 e. The Morgan fingerprint density at radius 1 is 1.25 bits per heavy atom. The van der Waals surface area contributed by atoms with Crippen LogP contribution in [0.1, 0.15) is 29.6 Å². The minimum Gasteiger partial charge on any atom is -0.396 e. The summed E-state index contributed by atoms with van der Waals surface area (Å²) in [5.41, 5.74) is 2.07. The fourth-order valence-corrected chi connectivity index (χ4v) is 2.80. The van der Waals surface area contributed by atoms with Gasteiger partial charge in [0, 0.05) is 36.5 Å². The van der Waals surface area contributed by atoms with Crippen molar-refractivity contribution < 1.29 is 9.90 Å². The fraction of sp³-hybridized carbons (Fsp3) is 0.400. The second-order valence-corrected chi connectivity index (χ2v) is 5.21. The van der Waals surface area contributed by atoms with E-state index in [0.29, 0.717) is 11.1 Å². The van der Waals surface area contributed by atoms with E-state index in [9.17, 15) is 9.90 Å². The molecule has 0 aliphatic heterocycles. The van der Waals surface area contributed by atoms with Crippen molar-refractivity contribution in [1.29, 1.82) is 0 Å². The summed E-state index contributed by atoms with van der Waals surface area (Å²) >= 11 is 0. The fourth-order valence-electron chi connectivity index (χ4n) is 2.80. The van der Waals surface area contributed by atoms with E-state index in [-0.39, 0.29) is 24.5 Å². The maximum atomic E-state index is 12.3. The number of amides is 1. The molecule has 2 N–H and O–H groups in total. The number of aliphatic hydroxyl groups excluding tert-OH is 1. The molecule has 1 aliphatic rings. The van der Waals surface area contributed by atoms with Gasteiger partial charge < -0.3 is 10.4 Å². The van der Waals surface area contributed by atoms with Gasteiger partial charge >= 0.3 is 0 Å². The first-order chi connectivity index (χ1) is 9.78. The number of aromatic nitrogens is 2. The minimum atomic E-state index is -0.108. The number of carbonyl (C=O) groups is 1. The molecule has 1 heterocycles. The van der Waals surface area contributed by atoms with Gasteiger partial charge in [0.2, 0.25) is 0 Å². The predicted octanol–water partition coefficient (Wildman–Crippen LogP) is 1.52. The first-order valence-electron chi connectivity index (χ1n) is 6.90. The molecular weight excluding hydrogens is 254 g/mol. The number of nitrogens with zero attached hydrogens (tertiary/aromatic N) is 2. The molecule has 1 saturated carbocycles. The molecule has 0 saturated heterocycles. The Hall–Kier alpha value is -2.01. The molecule has 5 heteroatoms. The number of benzene rings is 1. The lowest BCUT2D eigenvalue weighted by molar-refractivity contribution is 0.0916. The molecule has 1 aliphatic carbocycles. The van der Waals surface area contributed by atoms with Crippen LogP contribution in [-0.2, 0) is 0 Å². The van der Waals surface area contributed by atoms with Gasteiger partial charge in [-0.3, -0.25) is 14.8 Å². The molecule has 1 aromatic carbocycles. The Bertz CT molecular complexity index is 629. The zero-order valence-electron chi connectivity index (χ0n) is 11.1. The monoisotopic (exact) mass is 271 g/mol. The van der Waals surface area contributed by atoms with Gasteiger partial charge in [-0.25, -0.2) is 0 Å². The van der Waals surface area contributed by atoms with Crippen molar-refractivity contribution >= 4 is 16.9 Å². The summed E-state index contributed by atoms with van der Waals surface area (Å²) in [7, 11) is 0. The lowest BCUT2D eigenvalue weighted by Gasteiger charge is -2.19. The minimum absolute atomic E-state index is 0.0741. The molecule has 1 fully saturated rings. The second-order valence-electron chi connectivity index (χ2n) is 5.21. The third-order valence-corrected chi connectivity index (χ3v) is 3.94. The predicted molar refractivity (Wildman–Crippen MR) is 75.2 cm³/mol. The molecule has 2 atom stereocenters. The van der Waals surface area contributed by atoms with E-state index in [1.807, 2.05) is 0 Å². The van der Waals surface area contributed by atoms with E-state index in [1.54, 1.807) is 30.6 Å². The van der Waals surface area contributed by atoms with Crippen LogP contribution in [0.4, 0.5) is 0 Å². The van der Waals surface area contributed by atoms with Gasteiger partial charge in [-0.05, 0) is 31.0 Å². The average Bonchev–Trinajstić information content (AvgIpc) is 2.94. The third kappa shape index (κ3) is 2.49. The highest BCUT2D eigenvalue weighted by Crippen LogP contribution is 2.25. The first kappa shape index (κ1) is 13.0. The van der Waals surface area contributed by atoms with E-state index >= 15 is 0 Å². The Morgan fingerprint density at radius 3 is 2.85 bits per heavy atom. The molecule has 2 aromatic rings. The normalized spacial score (nSPS) is 22.1. The molecule has 1 aromatic heterocycles. The van der Waals surface area contributed by atoms with Gasteiger partial charge in [0.15, 0.2) is 0 Å². The van der Waals surface area contributed by atoms with Gasteiger partial charge in [-0.2, -0.15) is 0 Å². The molecule has 3 rings (SSSR count). The lowest BCUT2D eigenvalue weighted by atomic mass is 10.0. The molecule has 104 valence electrons.